The molecule has 3 rings (SSSR count). The van der Waals surface area contributed by atoms with Crippen LogP contribution in [-0.4, -0.2) is 74.2 Å². The summed E-state index contributed by atoms with van der Waals surface area (Å²) >= 11 is 2.05. The molecular weight excluding hydrogens is 381 g/mol. The van der Waals surface area contributed by atoms with E-state index in [2.05, 4.69) is 37.9 Å². The third-order valence-corrected chi connectivity index (χ3v) is 4.20. The van der Waals surface area contributed by atoms with Gasteiger partial charge in [-0.15, -0.1) is 0 Å². The van der Waals surface area contributed by atoms with Gasteiger partial charge in [0.05, 0.1) is 12.4 Å². The summed E-state index contributed by atoms with van der Waals surface area (Å²) in [7, 11) is 0. The first kappa shape index (κ1) is 13.9. The van der Waals surface area contributed by atoms with Crippen LogP contribution in [0.4, 0.5) is 0 Å². The number of guanidine groups is 1. The molecule has 0 saturated carbocycles. The standard InChI is InChI=1S/C10H12IN5O4/c11-1-3-5(17)6(18)9(20-3)16-2-13-4-7(16)14-10(12)15-8(4)19/h2-6,9,17-18H,1H2,(H2,12,15,19)/t3-,4?,5-,6-,9-/m1/s1. The largest absolute Gasteiger partial charge is 0.387 e. The molecular formula is C10H12IN5O4. The molecule has 1 fully saturated rings. The number of nitrogens with one attached hydrogen (secondary N) is 2. The average molecular weight is 393 g/mol. The van der Waals surface area contributed by atoms with Crippen molar-refractivity contribution >= 4 is 46.6 Å². The van der Waals surface area contributed by atoms with Gasteiger partial charge >= 0.3 is 0 Å². The summed E-state index contributed by atoms with van der Waals surface area (Å²) in [6, 6.07) is -0.837. The Hall–Kier alpha value is -1.11. The molecule has 20 heavy (non-hydrogen) atoms. The molecule has 0 aromatic heterocycles. The molecule has 4 N–H and O–H groups in total. The van der Waals surface area contributed by atoms with E-state index in [4.69, 9.17) is 10.1 Å². The normalized spacial score (nSPS) is 39.9. The first-order valence-corrected chi connectivity index (χ1v) is 7.42. The number of carbonyl (C=O) groups is 1. The Morgan fingerprint density at radius 1 is 1.50 bits per heavy atom. The van der Waals surface area contributed by atoms with Gasteiger partial charge in [-0.05, 0) is 0 Å². The van der Waals surface area contributed by atoms with Gasteiger partial charge in [-0.3, -0.25) is 25.4 Å². The van der Waals surface area contributed by atoms with Crippen LogP contribution in [0, 0.1) is 5.41 Å². The fourth-order valence-electron chi connectivity index (χ4n) is 2.32. The molecule has 3 heterocycles. The number of carbonyl (C=O) groups excluding carboxylic acids is 1. The van der Waals surface area contributed by atoms with Crippen LogP contribution >= 0.6 is 22.6 Å². The summed E-state index contributed by atoms with van der Waals surface area (Å²) in [4.78, 5) is 21.0. The van der Waals surface area contributed by atoms with Crippen molar-refractivity contribution < 1.29 is 19.7 Å². The molecule has 0 aromatic rings. The highest BCUT2D eigenvalue weighted by molar-refractivity contribution is 14.1. The number of amidine groups is 1. The number of ether oxygens (including phenoxy) is 1. The van der Waals surface area contributed by atoms with Crippen LogP contribution in [0.25, 0.3) is 0 Å². The summed E-state index contributed by atoms with van der Waals surface area (Å²) in [6.45, 7) is 0. The van der Waals surface area contributed by atoms with E-state index >= 15 is 0 Å². The first-order chi connectivity index (χ1) is 9.52. The summed E-state index contributed by atoms with van der Waals surface area (Å²) in [6.07, 6.45) is -2.17. The summed E-state index contributed by atoms with van der Waals surface area (Å²) < 4.78 is 6.10. The van der Waals surface area contributed by atoms with E-state index in [-0.39, 0.29) is 11.8 Å². The van der Waals surface area contributed by atoms with Gasteiger partial charge < -0.3 is 14.9 Å². The molecule has 10 heteroatoms. The summed E-state index contributed by atoms with van der Waals surface area (Å²) in [5.74, 6) is -0.503. The highest BCUT2D eigenvalue weighted by atomic mass is 127. The highest BCUT2D eigenvalue weighted by Gasteiger charge is 2.49. The second kappa shape index (κ2) is 5.02. The number of rotatable bonds is 2. The number of nitrogens with zero attached hydrogens (tertiary/aromatic N) is 3. The number of hydrogen-bond donors (Lipinski definition) is 4. The van der Waals surface area contributed by atoms with Crippen molar-refractivity contribution in [2.24, 2.45) is 9.98 Å². The van der Waals surface area contributed by atoms with E-state index in [0.29, 0.717) is 4.43 Å². The third kappa shape index (κ3) is 2.03. The van der Waals surface area contributed by atoms with Crippen molar-refractivity contribution in [3.8, 4) is 0 Å². The fraction of sp³-hybridized carbons (Fsp3) is 0.600. The van der Waals surface area contributed by atoms with Gasteiger partial charge in [-0.25, -0.2) is 0 Å². The summed E-state index contributed by atoms with van der Waals surface area (Å²) in [5.41, 5.74) is 0. The number of aliphatic imine (C=N–C) groups is 2. The van der Waals surface area contributed by atoms with Crippen LogP contribution < -0.4 is 5.32 Å². The molecule has 5 atom stereocenters. The molecule has 0 bridgehead atoms. The third-order valence-electron chi connectivity index (χ3n) is 3.33. The molecule has 0 aliphatic carbocycles. The van der Waals surface area contributed by atoms with E-state index in [1.165, 1.54) is 11.2 Å². The van der Waals surface area contributed by atoms with E-state index in [0.717, 1.165) is 0 Å². The van der Waals surface area contributed by atoms with Gasteiger partial charge in [0.2, 0.25) is 5.96 Å². The van der Waals surface area contributed by atoms with Crippen molar-refractivity contribution in [3.05, 3.63) is 0 Å². The molecule has 1 unspecified atom stereocenters. The molecule has 9 nitrogen and oxygen atoms in total. The van der Waals surface area contributed by atoms with Crippen molar-refractivity contribution in [1.82, 2.24) is 10.2 Å². The Labute approximate surface area is 127 Å². The zero-order valence-electron chi connectivity index (χ0n) is 10.1. The van der Waals surface area contributed by atoms with Crippen LogP contribution in [0.3, 0.4) is 0 Å². The van der Waals surface area contributed by atoms with Crippen LogP contribution in [0.2, 0.25) is 0 Å². The molecule has 3 aliphatic heterocycles. The number of hydrogen-bond acceptors (Lipinski definition) is 7. The average Bonchev–Trinajstić information content (AvgIpc) is 2.93. The van der Waals surface area contributed by atoms with Crippen molar-refractivity contribution in [2.75, 3.05) is 4.43 Å². The zero-order valence-corrected chi connectivity index (χ0v) is 12.3. The highest BCUT2D eigenvalue weighted by Crippen LogP contribution is 2.27. The van der Waals surface area contributed by atoms with Gasteiger partial charge in [0, 0.05) is 4.43 Å². The minimum Gasteiger partial charge on any atom is -0.387 e. The fourth-order valence-corrected chi connectivity index (χ4v) is 3.05. The Morgan fingerprint density at radius 2 is 2.25 bits per heavy atom. The smallest absolute Gasteiger partial charge is 0.259 e. The van der Waals surface area contributed by atoms with Gasteiger partial charge in [0.15, 0.2) is 18.1 Å². The van der Waals surface area contributed by atoms with E-state index in [1.54, 1.807) is 0 Å². The molecule has 108 valence electrons. The van der Waals surface area contributed by atoms with Crippen molar-refractivity contribution in [3.63, 3.8) is 0 Å². The zero-order chi connectivity index (χ0) is 14.4. The van der Waals surface area contributed by atoms with Crippen LogP contribution in [0.1, 0.15) is 0 Å². The minimum absolute atomic E-state index is 0.226. The molecule has 0 aromatic carbocycles. The SMILES string of the molecule is N=C1N=C2C(N=CN2[C@@H]2O[C@H](CI)[C@@H](O)[C@H]2O)C(=O)N1. The second-order valence-electron chi connectivity index (χ2n) is 4.58. The Bertz CT molecular complexity index is 524. The maximum atomic E-state index is 11.7. The molecule has 1 saturated heterocycles. The Kier molecular flexibility index (Phi) is 3.48. The predicted octanol–water partition coefficient (Wildman–Crippen LogP) is -1.96. The van der Waals surface area contributed by atoms with Crippen LogP contribution in [0.5, 0.6) is 0 Å². The maximum absolute atomic E-state index is 11.7. The Balaban J connectivity index is 1.87. The quantitative estimate of drug-likeness (QED) is 0.320. The topological polar surface area (TPSA) is 131 Å². The number of aliphatic hydroxyl groups is 2. The maximum Gasteiger partial charge on any atom is 0.259 e. The molecule has 0 radical (unpaired) electrons. The van der Waals surface area contributed by atoms with Crippen LogP contribution in [0.15, 0.2) is 9.98 Å². The molecule has 0 spiro atoms. The first-order valence-electron chi connectivity index (χ1n) is 5.90. The van der Waals surface area contributed by atoms with Crippen molar-refractivity contribution in [2.45, 2.75) is 30.6 Å². The molecule has 1 amide bonds. The van der Waals surface area contributed by atoms with Gasteiger partial charge in [0.1, 0.15) is 12.2 Å². The Morgan fingerprint density at radius 3 is 2.90 bits per heavy atom. The van der Waals surface area contributed by atoms with Crippen LogP contribution in [-0.2, 0) is 9.53 Å². The number of aliphatic hydroxyl groups excluding tert-OH is 2. The monoisotopic (exact) mass is 393 g/mol. The van der Waals surface area contributed by atoms with Gasteiger partial charge in [-0.2, -0.15) is 4.99 Å². The lowest BCUT2D eigenvalue weighted by molar-refractivity contribution is -0.119. The number of amides is 1. The van der Waals surface area contributed by atoms with E-state index in [1.807, 2.05) is 0 Å². The number of fused-ring (bicyclic) bond motifs is 1. The predicted molar refractivity (Wildman–Crippen MR) is 77.0 cm³/mol. The second-order valence-corrected chi connectivity index (χ2v) is 5.46. The lowest BCUT2D eigenvalue weighted by atomic mass is 10.1. The molecule has 3 aliphatic rings. The van der Waals surface area contributed by atoms with E-state index in [9.17, 15) is 15.0 Å². The number of halogens is 1. The summed E-state index contributed by atoms with van der Waals surface area (Å²) in [5, 5.41) is 29.6. The van der Waals surface area contributed by atoms with Crippen molar-refractivity contribution in [1.29, 1.82) is 5.41 Å². The van der Waals surface area contributed by atoms with Gasteiger partial charge in [-0.1, -0.05) is 22.6 Å². The van der Waals surface area contributed by atoms with E-state index < -0.39 is 36.5 Å². The lowest BCUT2D eigenvalue weighted by Gasteiger charge is -2.28. The number of alkyl halides is 1. The van der Waals surface area contributed by atoms with Gasteiger partial charge in [0.25, 0.3) is 5.91 Å². The lowest BCUT2D eigenvalue weighted by Crippen LogP contribution is -2.53. The minimum atomic E-state index is -1.14.